The van der Waals surface area contributed by atoms with Gasteiger partial charge in [0.1, 0.15) is 5.82 Å². The van der Waals surface area contributed by atoms with Crippen molar-refractivity contribution in [2.24, 2.45) is 0 Å². The van der Waals surface area contributed by atoms with Crippen molar-refractivity contribution in [2.75, 3.05) is 11.0 Å². The molecule has 0 spiro atoms. The van der Waals surface area contributed by atoms with E-state index in [0.29, 0.717) is 6.54 Å². The molecule has 0 aliphatic heterocycles. The number of aromatic nitrogens is 2. The van der Waals surface area contributed by atoms with E-state index in [1.54, 1.807) is 6.20 Å². The van der Waals surface area contributed by atoms with Crippen LogP contribution in [0.4, 0.5) is 5.69 Å². The Hall–Kier alpha value is -2.84. The van der Waals surface area contributed by atoms with Gasteiger partial charge in [0.2, 0.25) is 10.0 Å². The first-order valence-electron chi connectivity index (χ1n) is 8.38. The lowest BCUT2D eigenvalue weighted by Crippen LogP contribution is -2.23. The molecule has 0 fully saturated rings. The molecule has 1 aromatic heterocycles. The van der Waals surface area contributed by atoms with Crippen LogP contribution in [0.3, 0.4) is 0 Å². The monoisotopic (exact) mass is 418 g/mol. The van der Waals surface area contributed by atoms with Crippen LogP contribution in [0, 0.1) is 6.92 Å². The standard InChI is InChI=1S/C19H19ClN4O3S/c1-13-21-9-10-24(13)16-6-3-14(4-7-16)12-22-19(25)17-11-15(5-8-18(17)20)23-28(2,26)27/h3-11,23H,12H2,1-2H3,(H,22,25). The molecule has 1 amide bonds. The van der Waals surface area contributed by atoms with Crippen molar-refractivity contribution >= 4 is 33.2 Å². The molecule has 28 heavy (non-hydrogen) atoms. The van der Waals surface area contributed by atoms with Gasteiger partial charge < -0.3 is 9.88 Å². The molecular weight excluding hydrogens is 400 g/mol. The topological polar surface area (TPSA) is 93.1 Å². The summed E-state index contributed by atoms with van der Waals surface area (Å²) in [6.45, 7) is 2.23. The second-order valence-corrected chi connectivity index (χ2v) is 8.42. The molecule has 2 N–H and O–H groups in total. The summed E-state index contributed by atoms with van der Waals surface area (Å²) >= 11 is 6.09. The van der Waals surface area contributed by atoms with E-state index in [1.165, 1.54) is 18.2 Å². The summed E-state index contributed by atoms with van der Waals surface area (Å²) in [4.78, 5) is 16.7. The van der Waals surface area contributed by atoms with Crippen molar-refractivity contribution in [1.82, 2.24) is 14.9 Å². The number of rotatable bonds is 6. The minimum Gasteiger partial charge on any atom is -0.348 e. The van der Waals surface area contributed by atoms with Gasteiger partial charge in [0, 0.05) is 30.3 Å². The number of hydrogen-bond acceptors (Lipinski definition) is 4. The molecule has 0 aliphatic rings. The third kappa shape index (κ3) is 4.90. The Morgan fingerprint density at radius 2 is 1.89 bits per heavy atom. The fourth-order valence-corrected chi connectivity index (χ4v) is 3.44. The van der Waals surface area contributed by atoms with E-state index in [1.807, 2.05) is 42.0 Å². The minimum absolute atomic E-state index is 0.195. The first-order valence-corrected chi connectivity index (χ1v) is 10.6. The van der Waals surface area contributed by atoms with E-state index >= 15 is 0 Å². The lowest BCUT2D eigenvalue weighted by molar-refractivity contribution is 0.0951. The maximum Gasteiger partial charge on any atom is 0.253 e. The quantitative estimate of drug-likeness (QED) is 0.643. The van der Waals surface area contributed by atoms with Gasteiger partial charge in [0.15, 0.2) is 0 Å². The van der Waals surface area contributed by atoms with Crippen LogP contribution >= 0.6 is 11.6 Å². The van der Waals surface area contributed by atoms with Crippen LogP contribution in [0.25, 0.3) is 5.69 Å². The maximum atomic E-state index is 12.5. The van der Waals surface area contributed by atoms with Crippen molar-refractivity contribution in [1.29, 1.82) is 0 Å². The van der Waals surface area contributed by atoms with Gasteiger partial charge in [-0.3, -0.25) is 9.52 Å². The Morgan fingerprint density at radius 3 is 2.50 bits per heavy atom. The number of nitrogens with zero attached hydrogens (tertiary/aromatic N) is 2. The van der Waals surface area contributed by atoms with Gasteiger partial charge >= 0.3 is 0 Å². The number of sulfonamides is 1. The third-order valence-electron chi connectivity index (χ3n) is 4.01. The lowest BCUT2D eigenvalue weighted by atomic mass is 10.1. The maximum absolute atomic E-state index is 12.5. The van der Waals surface area contributed by atoms with Gasteiger partial charge in [-0.15, -0.1) is 0 Å². The Bertz CT molecular complexity index is 1110. The minimum atomic E-state index is -3.44. The van der Waals surface area contributed by atoms with Crippen LogP contribution < -0.4 is 10.0 Å². The molecule has 0 aliphatic carbocycles. The molecule has 0 saturated heterocycles. The fourth-order valence-electron chi connectivity index (χ4n) is 2.68. The predicted octanol–water partition coefficient (Wildman–Crippen LogP) is 3.14. The van der Waals surface area contributed by atoms with Gasteiger partial charge in [-0.2, -0.15) is 0 Å². The van der Waals surface area contributed by atoms with Crippen molar-refractivity contribution in [3.63, 3.8) is 0 Å². The van der Waals surface area contributed by atoms with E-state index in [2.05, 4.69) is 15.0 Å². The summed E-state index contributed by atoms with van der Waals surface area (Å²) in [5.74, 6) is 0.495. The number of nitrogens with one attached hydrogen (secondary N) is 2. The number of carbonyl (C=O) groups is 1. The normalized spacial score (nSPS) is 11.2. The third-order valence-corrected chi connectivity index (χ3v) is 4.94. The Balaban J connectivity index is 1.69. The van der Waals surface area contributed by atoms with Crippen LogP contribution in [-0.4, -0.2) is 30.1 Å². The zero-order chi connectivity index (χ0) is 20.3. The fraction of sp³-hybridized carbons (Fsp3) is 0.158. The van der Waals surface area contributed by atoms with E-state index in [4.69, 9.17) is 11.6 Å². The summed E-state index contributed by atoms with van der Waals surface area (Å²) in [6.07, 6.45) is 4.65. The van der Waals surface area contributed by atoms with Crippen LogP contribution in [0.2, 0.25) is 5.02 Å². The smallest absolute Gasteiger partial charge is 0.253 e. The number of anilines is 1. The lowest BCUT2D eigenvalue weighted by Gasteiger charge is -2.10. The van der Waals surface area contributed by atoms with Gasteiger partial charge in [0.25, 0.3) is 5.91 Å². The summed E-state index contributed by atoms with van der Waals surface area (Å²) < 4.78 is 27.0. The van der Waals surface area contributed by atoms with E-state index in [9.17, 15) is 13.2 Å². The number of benzene rings is 2. The molecule has 2 aromatic carbocycles. The first kappa shape index (κ1) is 19.9. The van der Waals surface area contributed by atoms with Gasteiger partial charge in [0.05, 0.1) is 16.8 Å². The van der Waals surface area contributed by atoms with Crippen molar-refractivity contribution in [3.8, 4) is 5.69 Å². The molecule has 0 bridgehead atoms. The molecule has 0 atom stereocenters. The number of halogens is 1. The molecule has 0 saturated carbocycles. The molecule has 7 nitrogen and oxygen atoms in total. The molecule has 3 rings (SSSR count). The van der Waals surface area contributed by atoms with Gasteiger partial charge in [-0.05, 0) is 42.8 Å². The molecule has 0 radical (unpaired) electrons. The average Bonchev–Trinajstić information content (AvgIpc) is 3.06. The molecule has 0 unspecified atom stereocenters. The second kappa shape index (κ2) is 8.04. The highest BCUT2D eigenvalue weighted by molar-refractivity contribution is 7.92. The first-order chi connectivity index (χ1) is 13.2. The van der Waals surface area contributed by atoms with E-state index in [0.717, 1.165) is 23.3 Å². The van der Waals surface area contributed by atoms with Crippen LogP contribution in [-0.2, 0) is 16.6 Å². The summed E-state index contributed by atoms with van der Waals surface area (Å²) in [5, 5.41) is 3.03. The molecule has 1 heterocycles. The Labute approximate surface area is 168 Å². The Morgan fingerprint density at radius 1 is 1.18 bits per heavy atom. The van der Waals surface area contributed by atoms with Crippen LogP contribution in [0.15, 0.2) is 54.9 Å². The van der Waals surface area contributed by atoms with Crippen molar-refractivity contribution in [3.05, 3.63) is 76.8 Å². The summed E-state index contributed by atoms with van der Waals surface area (Å²) in [7, 11) is -3.44. The largest absolute Gasteiger partial charge is 0.348 e. The van der Waals surface area contributed by atoms with Crippen LogP contribution in [0.5, 0.6) is 0 Å². The Kier molecular flexibility index (Phi) is 5.71. The summed E-state index contributed by atoms with van der Waals surface area (Å²) in [5.41, 5.74) is 2.36. The molecule has 9 heteroatoms. The van der Waals surface area contributed by atoms with Crippen LogP contribution in [0.1, 0.15) is 21.7 Å². The zero-order valence-corrected chi connectivity index (χ0v) is 16.9. The number of imidazole rings is 1. The highest BCUT2D eigenvalue weighted by atomic mass is 35.5. The number of amides is 1. The van der Waals surface area contributed by atoms with E-state index in [-0.39, 0.29) is 16.3 Å². The van der Waals surface area contributed by atoms with Crippen molar-refractivity contribution in [2.45, 2.75) is 13.5 Å². The highest BCUT2D eigenvalue weighted by Gasteiger charge is 2.13. The average molecular weight is 419 g/mol. The van der Waals surface area contributed by atoms with Crippen molar-refractivity contribution < 1.29 is 13.2 Å². The number of aryl methyl sites for hydroxylation is 1. The highest BCUT2D eigenvalue weighted by Crippen LogP contribution is 2.21. The van der Waals surface area contributed by atoms with Gasteiger partial charge in [-0.25, -0.2) is 13.4 Å². The number of hydrogen-bond donors (Lipinski definition) is 2. The molecule has 146 valence electrons. The second-order valence-electron chi connectivity index (χ2n) is 6.26. The summed E-state index contributed by atoms with van der Waals surface area (Å²) in [6, 6.07) is 12.1. The predicted molar refractivity (Wildman–Crippen MR) is 109 cm³/mol. The zero-order valence-electron chi connectivity index (χ0n) is 15.3. The molecular formula is C19H19ClN4O3S. The number of carbonyl (C=O) groups excluding carboxylic acids is 1. The SMILES string of the molecule is Cc1nccn1-c1ccc(CNC(=O)c2cc(NS(C)(=O)=O)ccc2Cl)cc1. The van der Waals surface area contributed by atoms with Gasteiger partial charge in [-0.1, -0.05) is 23.7 Å². The van der Waals surface area contributed by atoms with E-state index < -0.39 is 15.9 Å². The molecule has 3 aromatic rings.